The smallest absolute Gasteiger partial charge is 0.315 e. The van der Waals surface area contributed by atoms with Gasteiger partial charge in [0.05, 0.1) is 0 Å². The molecular formula is C21H26N2O3. The lowest BCUT2D eigenvalue weighted by Crippen LogP contribution is -2.41. The molecule has 0 saturated carbocycles. The van der Waals surface area contributed by atoms with Gasteiger partial charge in [-0.15, -0.1) is 0 Å². The third-order valence-corrected chi connectivity index (χ3v) is 4.39. The number of fused-ring (bicyclic) bond motifs is 1. The summed E-state index contributed by atoms with van der Waals surface area (Å²) in [6.45, 7) is 3.79. The molecular weight excluding hydrogens is 328 g/mol. The molecule has 1 atom stereocenters. The molecule has 1 aliphatic heterocycles. The van der Waals surface area contributed by atoms with Gasteiger partial charge < -0.3 is 20.1 Å². The predicted molar refractivity (Wildman–Crippen MR) is 102 cm³/mol. The standard InChI is InChI=1S/C21H26N2O3/c1-16(7-8-17-5-3-2-4-6-17)23-21(24)22-12-11-18-9-10-19-20(15-18)26-14-13-25-19/h2-6,9-10,15-16H,7-8,11-14H2,1H3,(H2,22,23,24)/t16-/m1/s1. The SMILES string of the molecule is C[C@H](CCc1ccccc1)NC(=O)NCCc1ccc2c(c1)OCCO2. The van der Waals surface area contributed by atoms with E-state index in [0.29, 0.717) is 19.8 Å². The number of benzene rings is 2. The highest BCUT2D eigenvalue weighted by Gasteiger charge is 2.12. The van der Waals surface area contributed by atoms with Crippen LogP contribution in [0.4, 0.5) is 4.79 Å². The number of nitrogens with one attached hydrogen (secondary N) is 2. The fourth-order valence-electron chi connectivity index (χ4n) is 2.94. The first kappa shape index (κ1) is 18.1. The van der Waals surface area contributed by atoms with E-state index >= 15 is 0 Å². The van der Waals surface area contributed by atoms with Crippen LogP contribution in [0.15, 0.2) is 48.5 Å². The molecule has 0 fully saturated rings. The largest absolute Gasteiger partial charge is 0.486 e. The first-order valence-corrected chi connectivity index (χ1v) is 9.17. The highest BCUT2D eigenvalue weighted by atomic mass is 16.6. The van der Waals surface area contributed by atoms with Crippen molar-refractivity contribution in [2.75, 3.05) is 19.8 Å². The summed E-state index contributed by atoms with van der Waals surface area (Å²) in [6.07, 6.45) is 2.63. The maximum absolute atomic E-state index is 12.0. The Labute approximate surface area is 154 Å². The third-order valence-electron chi connectivity index (χ3n) is 4.39. The Balaban J connectivity index is 1.36. The summed E-state index contributed by atoms with van der Waals surface area (Å²) in [4.78, 5) is 12.0. The Morgan fingerprint density at radius 2 is 1.77 bits per heavy atom. The van der Waals surface area contributed by atoms with E-state index in [2.05, 4.69) is 22.8 Å². The van der Waals surface area contributed by atoms with E-state index in [-0.39, 0.29) is 12.1 Å². The molecule has 26 heavy (non-hydrogen) atoms. The normalized spacial score (nSPS) is 13.7. The minimum Gasteiger partial charge on any atom is -0.486 e. The van der Waals surface area contributed by atoms with Crippen LogP contribution in [0.2, 0.25) is 0 Å². The van der Waals surface area contributed by atoms with Gasteiger partial charge in [-0.3, -0.25) is 0 Å². The van der Waals surface area contributed by atoms with Crippen molar-refractivity contribution in [3.63, 3.8) is 0 Å². The molecule has 5 heteroatoms. The predicted octanol–water partition coefficient (Wildman–Crippen LogP) is 3.32. The van der Waals surface area contributed by atoms with E-state index in [1.54, 1.807) is 0 Å². The van der Waals surface area contributed by atoms with Crippen LogP contribution < -0.4 is 20.1 Å². The molecule has 138 valence electrons. The van der Waals surface area contributed by atoms with Gasteiger partial charge in [-0.2, -0.15) is 0 Å². The van der Waals surface area contributed by atoms with Crippen LogP contribution in [0.1, 0.15) is 24.5 Å². The van der Waals surface area contributed by atoms with Gasteiger partial charge in [0, 0.05) is 12.6 Å². The fourth-order valence-corrected chi connectivity index (χ4v) is 2.94. The number of carbonyl (C=O) groups is 1. The van der Waals surface area contributed by atoms with Crippen LogP contribution in [0.5, 0.6) is 11.5 Å². The van der Waals surface area contributed by atoms with Crippen LogP contribution >= 0.6 is 0 Å². The zero-order valence-corrected chi connectivity index (χ0v) is 15.2. The number of ether oxygens (including phenoxy) is 2. The quantitative estimate of drug-likeness (QED) is 0.802. The lowest BCUT2D eigenvalue weighted by atomic mass is 10.1. The highest BCUT2D eigenvalue weighted by Crippen LogP contribution is 2.30. The van der Waals surface area contributed by atoms with E-state index in [1.807, 2.05) is 43.3 Å². The Morgan fingerprint density at radius 3 is 2.58 bits per heavy atom. The molecule has 1 aliphatic rings. The summed E-state index contributed by atoms with van der Waals surface area (Å²) in [5.74, 6) is 1.57. The maximum Gasteiger partial charge on any atom is 0.315 e. The van der Waals surface area contributed by atoms with Crippen molar-refractivity contribution in [1.29, 1.82) is 0 Å². The summed E-state index contributed by atoms with van der Waals surface area (Å²) in [5, 5.41) is 5.91. The Kier molecular flexibility index (Phi) is 6.36. The topological polar surface area (TPSA) is 59.6 Å². The van der Waals surface area contributed by atoms with Crippen molar-refractivity contribution in [1.82, 2.24) is 10.6 Å². The first-order chi connectivity index (χ1) is 12.7. The Morgan fingerprint density at radius 1 is 1.00 bits per heavy atom. The third kappa shape index (κ3) is 5.41. The molecule has 0 aliphatic carbocycles. The van der Waals surface area contributed by atoms with Crippen LogP contribution in [0.25, 0.3) is 0 Å². The summed E-state index contributed by atoms with van der Waals surface area (Å²) in [7, 11) is 0. The van der Waals surface area contributed by atoms with Crippen LogP contribution in [0.3, 0.4) is 0 Å². The van der Waals surface area contributed by atoms with Crippen molar-refractivity contribution in [2.45, 2.75) is 32.2 Å². The van der Waals surface area contributed by atoms with Crippen molar-refractivity contribution in [3.8, 4) is 11.5 Å². The monoisotopic (exact) mass is 354 g/mol. The summed E-state index contributed by atoms with van der Waals surface area (Å²) in [5.41, 5.74) is 2.41. The van der Waals surface area contributed by atoms with Gasteiger partial charge in [-0.25, -0.2) is 4.79 Å². The molecule has 1 heterocycles. The van der Waals surface area contributed by atoms with Crippen molar-refractivity contribution in [2.24, 2.45) is 0 Å². The van der Waals surface area contributed by atoms with Crippen LogP contribution in [-0.2, 0) is 12.8 Å². The minimum absolute atomic E-state index is 0.122. The van der Waals surface area contributed by atoms with Gasteiger partial charge in [-0.1, -0.05) is 36.4 Å². The first-order valence-electron chi connectivity index (χ1n) is 9.17. The molecule has 2 aromatic rings. The molecule has 0 spiro atoms. The van der Waals surface area contributed by atoms with E-state index in [0.717, 1.165) is 36.3 Å². The summed E-state index contributed by atoms with van der Waals surface area (Å²) < 4.78 is 11.1. The average Bonchev–Trinajstić information content (AvgIpc) is 2.67. The van der Waals surface area contributed by atoms with Crippen molar-refractivity contribution in [3.05, 3.63) is 59.7 Å². The van der Waals surface area contributed by atoms with E-state index in [1.165, 1.54) is 5.56 Å². The molecule has 2 amide bonds. The second-order valence-electron chi connectivity index (χ2n) is 6.55. The maximum atomic E-state index is 12.0. The Bertz CT molecular complexity index is 718. The van der Waals surface area contributed by atoms with Gasteiger partial charge >= 0.3 is 6.03 Å². The molecule has 3 rings (SSSR count). The van der Waals surface area contributed by atoms with Gasteiger partial charge in [0.15, 0.2) is 11.5 Å². The lowest BCUT2D eigenvalue weighted by Gasteiger charge is -2.19. The van der Waals surface area contributed by atoms with Gasteiger partial charge in [0.25, 0.3) is 0 Å². The van der Waals surface area contributed by atoms with Gasteiger partial charge in [-0.05, 0) is 49.4 Å². The molecule has 5 nitrogen and oxygen atoms in total. The molecule has 2 aromatic carbocycles. The summed E-state index contributed by atoms with van der Waals surface area (Å²) in [6, 6.07) is 16.2. The van der Waals surface area contributed by atoms with E-state index in [9.17, 15) is 4.79 Å². The van der Waals surface area contributed by atoms with E-state index in [4.69, 9.17) is 9.47 Å². The molecule has 0 saturated heterocycles. The second kappa shape index (κ2) is 9.13. The lowest BCUT2D eigenvalue weighted by molar-refractivity contribution is 0.171. The highest BCUT2D eigenvalue weighted by molar-refractivity contribution is 5.74. The Hall–Kier alpha value is -2.69. The molecule has 2 N–H and O–H groups in total. The zero-order chi connectivity index (χ0) is 18.2. The zero-order valence-electron chi connectivity index (χ0n) is 15.2. The van der Waals surface area contributed by atoms with Crippen molar-refractivity contribution < 1.29 is 14.3 Å². The number of hydrogen-bond donors (Lipinski definition) is 2. The molecule has 0 bridgehead atoms. The molecule has 0 aromatic heterocycles. The number of rotatable bonds is 7. The number of amides is 2. The van der Waals surface area contributed by atoms with Gasteiger partial charge in [0.1, 0.15) is 13.2 Å². The molecule has 0 radical (unpaired) electrons. The van der Waals surface area contributed by atoms with E-state index < -0.39 is 0 Å². The number of carbonyl (C=O) groups excluding carboxylic acids is 1. The van der Waals surface area contributed by atoms with Gasteiger partial charge in [0.2, 0.25) is 0 Å². The fraction of sp³-hybridized carbons (Fsp3) is 0.381. The number of aryl methyl sites for hydroxylation is 1. The molecule has 0 unspecified atom stereocenters. The second-order valence-corrected chi connectivity index (χ2v) is 6.55. The van der Waals surface area contributed by atoms with Crippen molar-refractivity contribution >= 4 is 6.03 Å². The van der Waals surface area contributed by atoms with Crippen LogP contribution in [-0.4, -0.2) is 31.8 Å². The average molecular weight is 354 g/mol. The minimum atomic E-state index is -0.122. The summed E-state index contributed by atoms with van der Waals surface area (Å²) >= 11 is 0. The number of hydrogen-bond acceptors (Lipinski definition) is 3. The van der Waals surface area contributed by atoms with Crippen LogP contribution in [0, 0.1) is 0 Å². The number of urea groups is 1.